The molecule has 0 bridgehead atoms. The Morgan fingerprint density at radius 2 is 1.95 bits per heavy atom. The number of nitrogens with zero attached hydrogens (tertiary/aromatic N) is 2. The Morgan fingerprint density at radius 3 is 2.60 bits per heavy atom. The molecule has 212 valence electrons. The summed E-state index contributed by atoms with van der Waals surface area (Å²) in [7, 11) is 1.53. The molecule has 3 aromatic rings. The molecule has 10 heteroatoms. The summed E-state index contributed by atoms with van der Waals surface area (Å²) in [5.74, 6) is 0.371. The number of carbonyl (C=O) groups is 1. The van der Waals surface area contributed by atoms with Gasteiger partial charge in [0.15, 0.2) is 16.3 Å². The molecule has 1 aliphatic rings. The Balaban J connectivity index is 1.90. The average molecular weight is 587 g/mol. The van der Waals surface area contributed by atoms with E-state index in [1.807, 2.05) is 0 Å². The summed E-state index contributed by atoms with van der Waals surface area (Å²) in [6, 6.07) is 8.78. The zero-order valence-corrected chi connectivity index (χ0v) is 24.9. The van der Waals surface area contributed by atoms with Crippen molar-refractivity contribution >= 4 is 35.0 Å². The van der Waals surface area contributed by atoms with Crippen LogP contribution in [-0.2, 0) is 9.53 Å². The van der Waals surface area contributed by atoms with E-state index in [1.165, 1.54) is 29.9 Å². The van der Waals surface area contributed by atoms with Crippen LogP contribution < -0.4 is 24.4 Å². The maximum absolute atomic E-state index is 14.6. The van der Waals surface area contributed by atoms with E-state index in [0.717, 1.165) is 17.8 Å². The van der Waals surface area contributed by atoms with Crippen molar-refractivity contribution < 1.29 is 23.4 Å². The third-order valence-corrected chi connectivity index (χ3v) is 7.63. The van der Waals surface area contributed by atoms with E-state index < -0.39 is 23.4 Å². The molecule has 0 aliphatic carbocycles. The van der Waals surface area contributed by atoms with Gasteiger partial charge in [-0.1, -0.05) is 48.9 Å². The summed E-state index contributed by atoms with van der Waals surface area (Å²) in [6.07, 6.45) is 1.91. The van der Waals surface area contributed by atoms with E-state index in [4.69, 9.17) is 25.8 Å². The third-order valence-electron chi connectivity index (χ3n) is 6.32. The molecule has 0 spiro atoms. The van der Waals surface area contributed by atoms with Crippen molar-refractivity contribution in [3.63, 3.8) is 0 Å². The lowest BCUT2D eigenvalue weighted by Crippen LogP contribution is -2.40. The number of ether oxygens (including phenoxy) is 3. The van der Waals surface area contributed by atoms with E-state index in [1.54, 1.807) is 45.0 Å². The van der Waals surface area contributed by atoms with E-state index in [9.17, 15) is 14.0 Å². The van der Waals surface area contributed by atoms with Crippen LogP contribution in [0.1, 0.15) is 58.2 Å². The van der Waals surface area contributed by atoms with E-state index in [2.05, 4.69) is 18.8 Å². The molecule has 0 saturated carbocycles. The number of halogens is 2. The van der Waals surface area contributed by atoms with Gasteiger partial charge in [-0.25, -0.2) is 14.2 Å². The molecule has 0 radical (unpaired) electrons. The van der Waals surface area contributed by atoms with E-state index in [0.29, 0.717) is 40.1 Å². The quantitative estimate of drug-likeness (QED) is 0.313. The van der Waals surface area contributed by atoms with Gasteiger partial charge in [0.2, 0.25) is 0 Å². The van der Waals surface area contributed by atoms with Crippen molar-refractivity contribution in [3.05, 3.63) is 89.3 Å². The predicted octanol–water partition coefficient (Wildman–Crippen LogP) is 5.41. The molecule has 1 aliphatic heterocycles. The highest BCUT2D eigenvalue weighted by molar-refractivity contribution is 7.07. The number of thiazole rings is 1. The van der Waals surface area contributed by atoms with Crippen molar-refractivity contribution in [2.24, 2.45) is 10.9 Å². The summed E-state index contributed by atoms with van der Waals surface area (Å²) in [4.78, 5) is 32.1. The minimum atomic E-state index is -0.862. The summed E-state index contributed by atoms with van der Waals surface area (Å²) in [5, 5.41) is 0.178. The lowest BCUT2D eigenvalue weighted by Gasteiger charge is -2.26. The molecule has 1 aromatic heterocycles. The van der Waals surface area contributed by atoms with Crippen LogP contribution in [0.5, 0.6) is 11.5 Å². The number of hydrogen-bond donors (Lipinski definition) is 0. The van der Waals surface area contributed by atoms with Gasteiger partial charge in [-0.05, 0) is 69.0 Å². The molecule has 0 N–H and O–H groups in total. The minimum absolute atomic E-state index is 0.103. The molecule has 40 heavy (non-hydrogen) atoms. The van der Waals surface area contributed by atoms with Crippen LogP contribution in [-0.4, -0.2) is 30.4 Å². The van der Waals surface area contributed by atoms with Gasteiger partial charge in [0.1, 0.15) is 5.82 Å². The fourth-order valence-electron chi connectivity index (χ4n) is 4.33. The standard InChI is InChI=1S/C30H32ClFN2O5S/c1-16(2)12-13-38-23-11-10-19(14-24(23)37-6)27-26(29(36)39-17(3)4)18(5)33-30-34(27)28(35)25(40-30)15-20-21(31)8-7-9-22(20)32/h7-11,14-17,27H,12-13H2,1-6H3. The smallest absolute Gasteiger partial charge is 0.338 e. The van der Waals surface area contributed by atoms with Gasteiger partial charge in [0.25, 0.3) is 5.56 Å². The zero-order valence-electron chi connectivity index (χ0n) is 23.3. The van der Waals surface area contributed by atoms with Crippen molar-refractivity contribution in [1.29, 1.82) is 0 Å². The highest BCUT2D eigenvalue weighted by atomic mass is 35.5. The highest BCUT2D eigenvalue weighted by Crippen LogP contribution is 2.36. The SMILES string of the molecule is COc1cc(C2C(C(=O)OC(C)C)=C(C)N=c3sc(=Cc4c(F)cccc4Cl)c(=O)n32)ccc1OCCC(C)C. The summed E-state index contributed by atoms with van der Waals surface area (Å²) in [6.45, 7) is 9.96. The Labute approximate surface area is 241 Å². The summed E-state index contributed by atoms with van der Waals surface area (Å²) < 4.78 is 33.3. The van der Waals surface area contributed by atoms with Gasteiger partial charge >= 0.3 is 5.97 Å². The van der Waals surface area contributed by atoms with E-state index in [-0.39, 0.29) is 26.8 Å². The number of benzene rings is 2. The Bertz CT molecular complexity index is 1620. The molecular weight excluding hydrogens is 555 g/mol. The molecule has 2 heterocycles. The lowest BCUT2D eigenvalue weighted by molar-refractivity contribution is -0.143. The minimum Gasteiger partial charge on any atom is -0.493 e. The van der Waals surface area contributed by atoms with Crippen LogP contribution in [0.2, 0.25) is 5.02 Å². The van der Waals surface area contributed by atoms with Gasteiger partial charge in [-0.15, -0.1) is 0 Å². The number of rotatable bonds is 9. The van der Waals surface area contributed by atoms with Crippen LogP contribution in [0.4, 0.5) is 4.39 Å². The van der Waals surface area contributed by atoms with Crippen LogP contribution in [0.15, 0.2) is 57.5 Å². The molecule has 0 amide bonds. The number of aromatic nitrogens is 1. The number of esters is 1. The fraction of sp³-hybridized carbons (Fsp3) is 0.367. The first-order valence-corrected chi connectivity index (χ1v) is 14.2. The topological polar surface area (TPSA) is 79.1 Å². The third kappa shape index (κ3) is 6.15. The Morgan fingerprint density at radius 1 is 1.20 bits per heavy atom. The number of fused-ring (bicyclic) bond motifs is 1. The molecule has 2 aromatic carbocycles. The number of methoxy groups -OCH3 is 1. The molecule has 1 unspecified atom stereocenters. The van der Waals surface area contributed by atoms with E-state index >= 15 is 0 Å². The van der Waals surface area contributed by atoms with Crippen LogP contribution >= 0.6 is 22.9 Å². The van der Waals surface area contributed by atoms with Crippen molar-refractivity contribution in [1.82, 2.24) is 4.57 Å². The average Bonchev–Trinajstić information content (AvgIpc) is 3.19. The van der Waals surface area contributed by atoms with Crippen molar-refractivity contribution in [3.8, 4) is 11.5 Å². The normalized spacial score (nSPS) is 15.3. The maximum Gasteiger partial charge on any atom is 0.338 e. The molecule has 7 nitrogen and oxygen atoms in total. The first-order chi connectivity index (χ1) is 19.0. The second-order valence-corrected chi connectivity index (χ2v) is 11.5. The monoisotopic (exact) mass is 586 g/mol. The molecule has 0 saturated heterocycles. The summed E-state index contributed by atoms with van der Waals surface area (Å²) in [5.41, 5.74) is 0.919. The predicted molar refractivity (Wildman–Crippen MR) is 154 cm³/mol. The second-order valence-electron chi connectivity index (χ2n) is 10.1. The van der Waals surface area contributed by atoms with Gasteiger partial charge in [0, 0.05) is 5.56 Å². The molecule has 0 fully saturated rings. The van der Waals surface area contributed by atoms with Crippen LogP contribution in [0.3, 0.4) is 0 Å². The Kier molecular flexibility index (Phi) is 9.15. The summed E-state index contributed by atoms with van der Waals surface area (Å²) >= 11 is 7.32. The highest BCUT2D eigenvalue weighted by Gasteiger charge is 2.34. The van der Waals surface area contributed by atoms with Gasteiger partial charge in [-0.2, -0.15) is 0 Å². The van der Waals surface area contributed by atoms with Crippen LogP contribution in [0.25, 0.3) is 6.08 Å². The van der Waals surface area contributed by atoms with Gasteiger partial charge in [-0.3, -0.25) is 9.36 Å². The number of carbonyl (C=O) groups excluding carboxylic acids is 1. The van der Waals surface area contributed by atoms with Crippen molar-refractivity contribution in [2.75, 3.05) is 13.7 Å². The first-order valence-electron chi connectivity index (χ1n) is 13.0. The van der Waals surface area contributed by atoms with Gasteiger partial charge < -0.3 is 14.2 Å². The molecular formula is C30H32ClFN2O5S. The van der Waals surface area contributed by atoms with Crippen molar-refractivity contribution in [2.45, 2.75) is 53.2 Å². The maximum atomic E-state index is 14.6. The second kappa shape index (κ2) is 12.4. The molecule has 4 rings (SSSR count). The molecule has 1 atom stereocenters. The zero-order chi connectivity index (χ0) is 29.1. The Hall–Kier alpha value is -3.43. The largest absolute Gasteiger partial charge is 0.493 e. The van der Waals surface area contributed by atoms with Crippen LogP contribution in [0, 0.1) is 11.7 Å². The number of allylic oxidation sites excluding steroid dienone is 1. The van der Waals surface area contributed by atoms with Gasteiger partial charge in [0.05, 0.1) is 46.7 Å². The first kappa shape index (κ1) is 29.6. The fourth-order valence-corrected chi connectivity index (χ4v) is 5.58. The number of hydrogen-bond acceptors (Lipinski definition) is 7. The lowest BCUT2D eigenvalue weighted by atomic mass is 9.95.